The topological polar surface area (TPSA) is 70.5 Å². The van der Waals surface area contributed by atoms with E-state index in [0.717, 1.165) is 7.69 Å². The average Bonchev–Trinajstić information content (AvgIpc) is 2.50. The zero-order valence-corrected chi connectivity index (χ0v) is 11.2. The van der Waals surface area contributed by atoms with Gasteiger partial charge >= 0.3 is 7.69 Å². The minimum Gasteiger partial charge on any atom is -0.524 e. The van der Waals surface area contributed by atoms with Crippen LogP contribution in [-0.4, -0.2) is 7.69 Å². The fourth-order valence-electron chi connectivity index (χ4n) is 1.81. The highest BCUT2D eigenvalue weighted by atomic mass is 19.1. The Morgan fingerprint density at radius 2 is 1.24 bits per heavy atom. The van der Waals surface area contributed by atoms with Crippen LogP contribution in [0.15, 0.2) is 36.4 Å². The van der Waals surface area contributed by atoms with Crippen molar-refractivity contribution in [1.82, 2.24) is 0 Å². The zero-order valence-electron chi connectivity index (χ0n) is 11.2. The first-order chi connectivity index (χ1) is 10.2. The normalized spacial score (nSPS) is 10.3. The lowest BCUT2D eigenvalue weighted by Crippen LogP contribution is -2.16. The van der Waals surface area contributed by atoms with E-state index in [2.05, 4.69) is 0 Å². The van der Waals surface area contributed by atoms with Crippen LogP contribution in [0.1, 0.15) is 11.1 Å². The maximum atomic E-state index is 13.6. The van der Waals surface area contributed by atoms with E-state index in [1.165, 1.54) is 24.3 Å². The van der Waals surface area contributed by atoms with E-state index in [0.29, 0.717) is 11.1 Å². The monoisotopic (exact) mass is 291 g/mol. The predicted molar refractivity (Wildman–Crippen MR) is 75.6 cm³/mol. The summed E-state index contributed by atoms with van der Waals surface area (Å²) in [7, 11) is 0.856. The molecule has 0 spiro atoms. The van der Waals surface area contributed by atoms with Crippen molar-refractivity contribution in [2.24, 2.45) is 11.5 Å². The summed E-state index contributed by atoms with van der Waals surface area (Å²) in [6, 6.07) is 8.76. The number of halogens is 2. The second-order valence-electron chi connectivity index (χ2n) is 4.20. The summed E-state index contributed by atoms with van der Waals surface area (Å²) < 4.78 is 37.5. The third-order valence-electron chi connectivity index (χ3n) is 2.87. The molecule has 0 amide bonds. The maximum absolute atomic E-state index is 13.6. The Kier molecular flexibility index (Phi) is 5.13. The molecular weight excluding hydrogens is 277 g/mol. The number of nitrogens with two attached hydrogens (primary N) is 2. The summed E-state index contributed by atoms with van der Waals surface area (Å²) in [5, 5.41) is 0. The summed E-state index contributed by atoms with van der Waals surface area (Å²) in [5.41, 5.74) is 11.9. The van der Waals surface area contributed by atoms with E-state index < -0.39 is 11.6 Å². The lowest BCUT2D eigenvalue weighted by molar-refractivity contribution is 0.415. The molecule has 0 fully saturated rings. The summed E-state index contributed by atoms with van der Waals surface area (Å²) in [6.45, 7) is 0.212. The van der Waals surface area contributed by atoms with E-state index in [-0.39, 0.29) is 24.6 Å². The van der Waals surface area contributed by atoms with Crippen LogP contribution in [0.5, 0.6) is 11.5 Å². The number of hydrogen-bond acceptors (Lipinski definition) is 4. The van der Waals surface area contributed by atoms with Gasteiger partial charge < -0.3 is 20.8 Å². The van der Waals surface area contributed by atoms with Crippen LogP contribution in [-0.2, 0) is 13.1 Å². The van der Waals surface area contributed by atoms with Crippen LogP contribution < -0.4 is 20.8 Å². The molecule has 0 atom stereocenters. The van der Waals surface area contributed by atoms with Gasteiger partial charge in [0.2, 0.25) is 0 Å². The van der Waals surface area contributed by atoms with Crippen molar-refractivity contribution in [2.75, 3.05) is 0 Å². The molecule has 0 aliphatic heterocycles. The number of benzene rings is 2. The van der Waals surface area contributed by atoms with Crippen LogP contribution in [0.2, 0.25) is 0 Å². The average molecular weight is 291 g/mol. The third-order valence-corrected chi connectivity index (χ3v) is 2.87. The van der Waals surface area contributed by atoms with E-state index in [9.17, 15) is 8.78 Å². The Labute approximate surface area is 122 Å². The lowest BCUT2D eigenvalue weighted by atomic mass is 10.1. The Morgan fingerprint density at radius 3 is 1.62 bits per heavy atom. The van der Waals surface area contributed by atoms with Gasteiger partial charge in [-0.1, -0.05) is 24.3 Å². The molecule has 0 bridgehead atoms. The molecule has 0 heterocycles. The van der Waals surface area contributed by atoms with Gasteiger partial charge in [-0.2, -0.15) is 0 Å². The van der Waals surface area contributed by atoms with Gasteiger partial charge in [-0.3, -0.25) is 0 Å². The minimum atomic E-state index is -0.578. The highest BCUT2D eigenvalue weighted by Gasteiger charge is 2.14. The quantitative estimate of drug-likeness (QED) is 0.797. The first-order valence-corrected chi connectivity index (χ1v) is 6.27. The first kappa shape index (κ1) is 15.3. The Morgan fingerprint density at radius 1 is 0.810 bits per heavy atom. The van der Waals surface area contributed by atoms with E-state index in [4.69, 9.17) is 20.8 Å². The van der Waals surface area contributed by atoms with Crippen molar-refractivity contribution < 1.29 is 18.1 Å². The number of rotatable bonds is 6. The second-order valence-corrected chi connectivity index (χ2v) is 4.20. The molecule has 21 heavy (non-hydrogen) atoms. The fraction of sp³-hybridized carbons (Fsp3) is 0.143. The predicted octanol–water partition coefficient (Wildman–Crippen LogP) is 1.87. The van der Waals surface area contributed by atoms with Gasteiger partial charge in [0.15, 0.2) is 11.6 Å². The van der Waals surface area contributed by atoms with Gasteiger partial charge in [0.25, 0.3) is 0 Å². The number of para-hydroxylation sites is 2. The van der Waals surface area contributed by atoms with Crippen molar-refractivity contribution >= 4 is 7.69 Å². The van der Waals surface area contributed by atoms with Gasteiger partial charge in [-0.25, -0.2) is 8.78 Å². The molecule has 109 valence electrons. The zero-order chi connectivity index (χ0) is 15.2. The molecule has 0 aromatic heterocycles. The fourth-order valence-corrected chi connectivity index (χ4v) is 1.81. The Balaban J connectivity index is 2.09. The van der Waals surface area contributed by atoms with Crippen LogP contribution in [0.25, 0.3) is 0 Å². The van der Waals surface area contributed by atoms with Gasteiger partial charge in [-0.05, 0) is 12.1 Å². The van der Waals surface area contributed by atoms with Gasteiger partial charge in [0, 0.05) is 24.2 Å². The lowest BCUT2D eigenvalue weighted by Gasteiger charge is -2.13. The molecule has 1 radical (unpaired) electrons. The molecule has 2 rings (SSSR count). The van der Waals surface area contributed by atoms with E-state index in [1.807, 2.05) is 0 Å². The van der Waals surface area contributed by atoms with Gasteiger partial charge in [-0.15, -0.1) is 0 Å². The SMILES string of the molecule is NCc1cccc(F)c1O[B]Oc1c(F)cccc1CN. The molecule has 0 aliphatic rings. The Hall–Kier alpha value is -2.12. The number of hydrogen-bond donors (Lipinski definition) is 2. The summed E-state index contributed by atoms with van der Waals surface area (Å²) in [6.07, 6.45) is 0. The van der Waals surface area contributed by atoms with E-state index >= 15 is 0 Å². The van der Waals surface area contributed by atoms with Crippen LogP contribution >= 0.6 is 0 Å². The first-order valence-electron chi connectivity index (χ1n) is 6.27. The van der Waals surface area contributed by atoms with Crippen LogP contribution in [0.4, 0.5) is 8.78 Å². The van der Waals surface area contributed by atoms with Gasteiger partial charge in [0.05, 0.1) is 0 Å². The summed E-state index contributed by atoms with van der Waals surface area (Å²) in [4.78, 5) is 0. The van der Waals surface area contributed by atoms with Crippen LogP contribution in [0.3, 0.4) is 0 Å². The molecular formula is C14H14BF2N2O2. The van der Waals surface area contributed by atoms with Crippen LogP contribution in [0, 0.1) is 11.6 Å². The van der Waals surface area contributed by atoms with Gasteiger partial charge in [0.1, 0.15) is 11.5 Å². The van der Waals surface area contributed by atoms with Crippen molar-refractivity contribution in [3.63, 3.8) is 0 Å². The molecule has 0 aliphatic carbocycles. The van der Waals surface area contributed by atoms with Crippen molar-refractivity contribution in [3.8, 4) is 11.5 Å². The van der Waals surface area contributed by atoms with Crippen molar-refractivity contribution in [1.29, 1.82) is 0 Å². The Bertz CT molecular complexity index is 572. The standard InChI is InChI=1S/C14H14BF2N2O2/c16-11-5-1-3-9(7-18)13(11)20-15-21-14-10(8-19)4-2-6-12(14)17/h1-6H,7-8,18-19H2. The van der Waals surface area contributed by atoms with E-state index in [1.54, 1.807) is 12.1 Å². The summed E-state index contributed by atoms with van der Waals surface area (Å²) in [5.74, 6) is -1.26. The molecule has 7 heteroatoms. The second kappa shape index (κ2) is 7.05. The highest BCUT2D eigenvalue weighted by Crippen LogP contribution is 2.24. The highest BCUT2D eigenvalue weighted by molar-refractivity contribution is 6.20. The smallest absolute Gasteiger partial charge is 0.524 e. The summed E-state index contributed by atoms with van der Waals surface area (Å²) >= 11 is 0. The van der Waals surface area contributed by atoms with Crippen molar-refractivity contribution in [2.45, 2.75) is 13.1 Å². The largest absolute Gasteiger partial charge is 0.658 e. The molecule has 0 saturated carbocycles. The molecule has 0 unspecified atom stereocenters. The molecule has 4 N–H and O–H groups in total. The molecule has 2 aromatic carbocycles. The van der Waals surface area contributed by atoms with Crippen molar-refractivity contribution in [3.05, 3.63) is 59.2 Å². The molecule has 0 saturated heterocycles. The maximum Gasteiger partial charge on any atom is 0.658 e. The molecule has 2 aromatic rings. The third kappa shape index (κ3) is 3.50. The molecule has 4 nitrogen and oxygen atoms in total. The minimum absolute atomic E-state index is 0.0503.